The zero-order chi connectivity index (χ0) is 17.3. The molecule has 0 spiro atoms. The minimum atomic E-state index is -0.668. The molecule has 1 aliphatic carbocycles. The number of hydrogen-bond acceptors (Lipinski definition) is 5. The van der Waals surface area contributed by atoms with E-state index >= 15 is 0 Å². The Bertz CT molecular complexity index is 770. The Kier molecular flexibility index (Phi) is 4.30. The second-order valence-corrected chi connectivity index (χ2v) is 6.05. The van der Waals surface area contributed by atoms with Gasteiger partial charge in [0, 0.05) is 24.1 Å². The van der Waals surface area contributed by atoms with E-state index in [4.69, 9.17) is 10.5 Å². The number of phenols is 1. The van der Waals surface area contributed by atoms with Gasteiger partial charge in [0.2, 0.25) is 0 Å². The molecular weight excluding hydrogens is 311 g/mol. The highest BCUT2D eigenvalue weighted by Crippen LogP contribution is 2.38. The van der Waals surface area contributed by atoms with Crippen molar-refractivity contribution in [3.8, 4) is 17.6 Å². The zero-order valence-corrected chi connectivity index (χ0v) is 13.4. The second-order valence-electron chi connectivity index (χ2n) is 6.05. The van der Waals surface area contributed by atoms with Gasteiger partial charge in [-0.05, 0) is 19.8 Å². The van der Waals surface area contributed by atoms with Crippen LogP contribution in [0.25, 0.3) is 0 Å². The van der Waals surface area contributed by atoms with E-state index in [0.29, 0.717) is 5.69 Å². The molecule has 0 aliphatic heterocycles. The number of rotatable bonds is 4. The third-order valence-corrected chi connectivity index (χ3v) is 4.33. The van der Waals surface area contributed by atoms with Gasteiger partial charge in [-0.25, -0.2) is 9.07 Å². The molecule has 126 valence electrons. The van der Waals surface area contributed by atoms with Crippen LogP contribution in [0.5, 0.6) is 11.5 Å². The van der Waals surface area contributed by atoms with Gasteiger partial charge in [0.05, 0.1) is 11.4 Å². The molecule has 1 unspecified atom stereocenters. The Labute approximate surface area is 139 Å². The summed E-state index contributed by atoms with van der Waals surface area (Å²) < 4.78 is 20.4. The van der Waals surface area contributed by atoms with Gasteiger partial charge in [-0.3, -0.25) is 0 Å². The van der Waals surface area contributed by atoms with Crippen LogP contribution in [0, 0.1) is 17.1 Å². The Hall–Kier alpha value is -2.75. The molecule has 1 heterocycles. The van der Waals surface area contributed by atoms with E-state index in [2.05, 4.69) is 11.2 Å². The van der Waals surface area contributed by atoms with Crippen LogP contribution in [0.1, 0.15) is 56.1 Å². The average Bonchev–Trinajstić information content (AvgIpc) is 3.13. The molecule has 3 N–H and O–H groups in total. The molecule has 1 aromatic heterocycles. The summed E-state index contributed by atoms with van der Waals surface area (Å²) in [4.78, 5) is 0. The molecule has 1 saturated carbocycles. The summed E-state index contributed by atoms with van der Waals surface area (Å²) in [6, 6.07) is 5.52. The van der Waals surface area contributed by atoms with Crippen molar-refractivity contribution in [1.82, 2.24) is 9.78 Å². The molecular formula is C17H19FN4O2. The smallest absolute Gasteiger partial charge is 0.190 e. The largest absolute Gasteiger partial charge is 0.508 e. The van der Waals surface area contributed by atoms with Crippen LogP contribution >= 0.6 is 0 Å². The fourth-order valence-electron chi connectivity index (χ4n) is 3.20. The van der Waals surface area contributed by atoms with E-state index in [-0.39, 0.29) is 23.1 Å². The molecule has 7 heteroatoms. The number of nitrogens with two attached hydrogens (primary N) is 1. The lowest BCUT2D eigenvalue weighted by atomic mass is 10.0. The Balaban J connectivity index is 1.90. The molecule has 2 aromatic rings. The molecule has 1 fully saturated rings. The first kappa shape index (κ1) is 16.1. The number of nitrogen functional groups attached to an aromatic ring is 1. The molecule has 0 radical (unpaired) electrons. The number of hydrogen-bond donors (Lipinski definition) is 2. The predicted molar refractivity (Wildman–Crippen MR) is 86.0 cm³/mol. The van der Waals surface area contributed by atoms with E-state index in [9.17, 15) is 14.8 Å². The van der Waals surface area contributed by atoms with Gasteiger partial charge in [0.1, 0.15) is 23.4 Å². The van der Waals surface area contributed by atoms with Crippen LogP contribution in [-0.4, -0.2) is 14.9 Å². The molecule has 0 bridgehead atoms. The molecule has 1 aliphatic rings. The minimum Gasteiger partial charge on any atom is -0.508 e. The van der Waals surface area contributed by atoms with E-state index in [1.165, 1.54) is 10.7 Å². The summed E-state index contributed by atoms with van der Waals surface area (Å²) in [5, 5.41) is 23.4. The second kappa shape index (κ2) is 6.40. The maximum absolute atomic E-state index is 13.4. The van der Waals surface area contributed by atoms with Crippen molar-refractivity contribution in [3.63, 3.8) is 0 Å². The van der Waals surface area contributed by atoms with Crippen LogP contribution in [0.2, 0.25) is 0 Å². The number of nitriles is 1. The SMILES string of the molecule is CC(Oc1cc(O)cc(F)c1)n1nc(C2CCCC2)c(N)c1C#N. The summed E-state index contributed by atoms with van der Waals surface area (Å²) in [5.74, 6) is -0.419. The van der Waals surface area contributed by atoms with E-state index in [0.717, 1.165) is 43.5 Å². The zero-order valence-electron chi connectivity index (χ0n) is 13.4. The van der Waals surface area contributed by atoms with E-state index in [1.54, 1.807) is 6.92 Å². The van der Waals surface area contributed by atoms with Gasteiger partial charge >= 0.3 is 0 Å². The number of phenolic OH excluding ortho intramolecular Hbond substituents is 1. The van der Waals surface area contributed by atoms with Gasteiger partial charge in [-0.1, -0.05) is 12.8 Å². The standard InChI is InChI=1S/C17H19FN4O2/c1-10(24-14-7-12(18)6-13(23)8-14)22-15(9-19)16(20)17(21-22)11-4-2-3-5-11/h6-8,10-11,23H,2-5,20H2,1H3. The first-order valence-corrected chi connectivity index (χ1v) is 7.93. The fraction of sp³-hybridized carbons (Fsp3) is 0.412. The highest BCUT2D eigenvalue weighted by atomic mass is 19.1. The number of benzene rings is 1. The summed E-state index contributed by atoms with van der Waals surface area (Å²) in [7, 11) is 0. The first-order chi connectivity index (χ1) is 11.5. The maximum atomic E-state index is 13.4. The van der Waals surface area contributed by atoms with Gasteiger partial charge in [-0.2, -0.15) is 10.4 Å². The van der Waals surface area contributed by atoms with Crippen LogP contribution in [-0.2, 0) is 0 Å². The van der Waals surface area contributed by atoms with Crippen LogP contribution in [0.15, 0.2) is 18.2 Å². The Morgan fingerprint density at radius 1 is 1.42 bits per heavy atom. The molecule has 6 nitrogen and oxygen atoms in total. The number of nitrogens with zero attached hydrogens (tertiary/aromatic N) is 3. The van der Waals surface area contributed by atoms with Gasteiger partial charge in [-0.15, -0.1) is 0 Å². The van der Waals surface area contributed by atoms with Gasteiger partial charge in [0.15, 0.2) is 11.9 Å². The van der Waals surface area contributed by atoms with Crippen molar-refractivity contribution in [2.24, 2.45) is 0 Å². The Morgan fingerprint density at radius 2 is 2.12 bits per heavy atom. The summed E-state index contributed by atoms with van der Waals surface area (Å²) in [6.07, 6.45) is 3.62. The van der Waals surface area contributed by atoms with Crippen molar-refractivity contribution in [3.05, 3.63) is 35.4 Å². The lowest BCUT2D eigenvalue weighted by Crippen LogP contribution is -2.16. The Morgan fingerprint density at radius 3 is 2.75 bits per heavy atom. The van der Waals surface area contributed by atoms with E-state index in [1.807, 2.05) is 0 Å². The van der Waals surface area contributed by atoms with Gasteiger partial charge < -0.3 is 15.6 Å². The number of halogens is 1. The summed E-state index contributed by atoms with van der Waals surface area (Å²) in [6.45, 7) is 1.69. The molecule has 0 amide bonds. The van der Waals surface area contributed by atoms with Crippen molar-refractivity contribution in [2.75, 3.05) is 5.73 Å². The first-order valence-electron chi connectivity index (χ1n) is 7.93. The quantitative estimate of drug-likeness (QED) is 0.895. The molecule has 24 heavy (non-hydrogen) atoms. The lowest BCUT2D eigenvalue weighted by Gasteiger charge is -2.16. The predicted octanol–water partition coefficient (Wildman–Crippen LogP) is 3.44. The number of aromatic hydroxyl groups is 1. The average molecular weight is 330 g/mol. The normalized spacial score (nSPS) is 16.0. The van der Waals surface area contributed by atoms with Crippen molar-refractivity contribution >= 4 is 5.69 Å². The third-order valence-electron chi connectivity index (χ3n) is 4.33. The molecule has 1 atom stereocenters. The fourth-order valence-corrected chi connectivity index (χ4v) is 3.20. The maximum Gasteiger partial charge on any atom is 0.190 e. The van der Waals surface area contributed by atoms with Gasteiger partial charge in [0.25, 0.3) is 0 Å². The van der Waals surface area contributed by atoms with Crippen molar-refractivity contribution in [1.29, 1.82) is 5.26 Å². The lowest BCUT2D eigenvalue weighted by molar-refractivity contribution is 0.135. The number of aromatic nitrogens is 2. The van der Waals surface area contributed by atoms with Crippen molar-refractivity contribution < 1.29 is 14.2 Å². The summed E-state index contributed by atoms with van der Waals surface area (Å²) >= 11 is 0. The van der Waals surface area contributed by atoms with Crippen LogP contribution in [0.3, 0.4) is 0 Å². The monoisotopic (exact) mass is 330 g/mol. The van der Waals surface area contributed by atoms with E-state index < -0.39 is 12.0 Å². The minimum absolute atomic E-state index is 0.153. The molecule has 3 rings (SSSR count). The molecule has 1 aromatic carbocycles. The van der Waals surface area contributed by atoms with Crippen LogP contribution in [0.4, 0.5) is 10.1 Å². The highest BCUT2D eigenvalue weighted by molar-refractivity contribution is 5.55. The number of ether oxygens (including phenoxy) is 1. The summed E-state index contributed by atoms with van der Waals surface area (Å²) in [5.41, 5.74) is 7.48. The number of anilines is 1. The van der Waals surface area contributed by atoms with Crippen LogP contribution < -0.4 is 10.5 Å². The topological polar surface area (TPSA) is 97.1 Å². The van der Waals surface area contributed by atoms with Crippen molar-refractivity contribution in [2.45, 2.75) is 44.8 Å². The third kappa shape index (κ3) is 3.00. The molecule has 0 saturated heterocycles. The highest BCUT2D eigenvalue weighted by Gasteiger charge is 2.27.